The summed E-state index contributed by atoms with van der Waals surface area (Å²) in [5.41, 5.74) is 1.70. The van der Waals surface area contributed by atoms with Crippen LogP contribution in [0.3, 0.4) is 0 Å². The smallest absolute Gasteiger partial charge is 0.309 e. The minimum absolute atomic E-state index is 0.0130. The number of benzene rings is 1. The standard InChI is InChI=1S/C24H29NO4S/c1-16(21(26)17-7-9-19(10-8-17)24(2,3)4)29-23(28)18-11-13-25(14-12-18)22(27)20-6-5-15-30-20/h5-10,15-16,18H,11-14H2,1-4H3/t16-/m0/s1. The molecule has 3 rings (SSSR count). The number of ketones is 1. The van der Waals surface area contributed by atoms with Gasteiger partial charge in [0.2, 0.25) is 5.78 Å². The Balaban J connectivity index is 1.52. The molecule has 5 nitrogen and oxygen atoms in total. The van der Waals surface area contributed by atoms with Crippen molar-refractivity contribution in [3.63, 3.8) is 0 Å². The number of hydrogen-bond acceptors (Lipinski definition) is 5. The van der Waals surface area contributed by atoms with Gasteiger partial charge in [-0.15, -0.1) is 11.3 Å². The number of amides is 1. The fourth-order valence-corrected chi connectivity index (χ4v) is 4.26. The average molecular weight is 428 g/mol. The van der Waals surface area contributed by atoms with Crippen LogP contribution >= 0.6 is 11.3 Å². The first-order chi connectivity index (χ1) is 14.2. The lowest BCUT2D eigenvalue weighted by atomic mass is 9.86. The van der Waals surface area contributed by atoms with Gasteiger partial charge in [-0.1, -0.05) is 51.1 Å². The Bertz CT molecular complexity index is 888. The number of hydrogen-bond donors (Lipinski definition) is 0. The third-order valence-corrected chi connectivity index (χ3v) is 6.40. The van der Waals surface area contributed by atoms with Gasteiger partial charge in [0.1, 0.15) is 0 Å². The van der Waals surface area contributed by atoms with Crippen LogP contribution in [0.25, 0.3) is 0 Å². The molecule has 1 aromatic heterocycles. The second-order valence-electron chi connectivity index (χ2n) is 8.81. The number of Topliss-reactive ketones (excluding diaryl/α,β-unsaturated/α-hetero) is 1. The quantitative estimate of drug-likeness (QED) is 0.512. The van der Waals surface area contributed by atoms with Gasteiger partial charge in [-0.2, -0.15) is 0 Å². The van der Waals surface area contributed by atoms with Gasteiger partial charge in [0, 0.05) is 18.7 Å². The Kier molecular flexibility index (Phi) is 6.76. The Hall–Kier alpha value is -2.47. The summed E-state index contributed by atoms with van der Waals surface area (Å²) in [6.07, 6.45) is 0.276. The first-order valence-electron chi connectivity index (χ1n) is 10.3. The summed E-state index contributed by atoms with van der Waals surface area (Å²) < 4.78 is 5.48. The fourth-order valence-electron chi connectivity index (χ4n) is 3.57. The van der Waals surface area contributed by atoms with E-state index in [4.69, 9.17) is 4.74 Å². The van der Waals surface area contributed by atoms with E-state index in [0.717, 1.165) is 5.56 Å². The van der Waals surface area contributed by atoms with Gasteiger partial charge in [-0.3, -0.25) is 14.4 Å². The van der Waals surface area contributed by atoms with E-state index < -0.39 is 6.10 Å². The molecule has 0 spiro atoms. The van der Waals surface area contributed by atoms with Crippen LogP contribution in [0.2, 0.25) is 0 Å². The van der Waals surface area contributed by atoms with Crippen LogP contribution in [0, 0.1) is 5.92 Å². The Morgan fingerprint density at radius 2 is 1.70 bits per heavy atom. The van der Waals surface area contributed by atoms with Crippen molar-refractivity contribution in [2.45, 2.75) is 52.1 Å². The van der Waals surface area contributed by atoms with Crippen LogP contribution in [0.5, 0.6) is 0 Å². The molecule has 6 heteroatoms. The summed E-state index contributed by atoms with van der Waals surface area (Å²) >= 11 is 1.42. The second kappa shape index (κ2) is 9.13. The first kappa shape index (κ1) is 22.2. The monoisotopic (exact) mass is 427 g/mol. The zero-order chi connectivity index (χ0) is 21.9. The van der Waals surface area contributed by atoms with Gasteiger partial charge in [0.15, 0.2) is 6.10 Å². The van der Waals surface area contributed by atoms with Crippen molar-refractivity contribution in [3.8, 4) is 0 Å². The molecule has 30 heavy (non-hydrogen) atoms. The molecule has 1 saturated heterocycles. The number of piperidine rings is 1. The van der Waals surface area contributed by atoms with Gasteiger partial charge in [0.05, 0.1) is 10.8 Å². The van der Waals surface area contributed by atoms with Crippen molar-refractivity contribution in [2.24, 2.45) is 5.92 Å². The SMILES string of the molecule is C[C@H](OC(=O)C1CCN(C(=O)c2cccs2)CC1)C(=O)c1ccc(C(C)(C)C)cc1. The van der Waals surface area contributed by atoms with Crippen molar-refractivity contribution in [2.75, 3.05) is 13.1 Å². The van der Waals surface area contributed by atoms with Crippen molar-refractivity contribution in [1.82, 2.24) is 4.90 Å². The zero-order valence-corrected chi connectivity index (χ0v) is 18.8. The van der Waals surface area contributed by atoms with E-state index in [-0.39, 0.29) is 29.0 Å². The second-order valence-corrected chi connectivity index (χ2v) is 9.76. The first-order valence-corrected chi connectivity index (χ1v) is 11.2. The van der Waals surface area contributed by atoms with E-state index in [0.29, 0.717) is 36.4 Å². The molecule has 0 bridgehead atoms. The number of ether oxygens (including phenoxy) is 1. The van der Waals surface area contributed by atoms with Crippen LogP contribution in [0.4, 0.5) is 0 Å². The molecule has 1 aromatic carbocycles. The number of esters is 1. The van der Waals surface area contributed by atoms with E-state index in [2.05, 4.69) is 20.8 Å². The molecule has 2 heterocycles. The number of likely N-dealkylation sites (tertiary alicyclic amines) is 1. The highest BCUT2D eigenvalue weighted by atomic mass is 32.1. The molecule has 1 fully saturated rings. The fraction of sp³-hybridized carbons (Fsp3) is 0.458. The maximum Gasteiger partial charge on any atom is 0.309 e. The molecule has 0 radical (unpaired) electrons. The van der Waals surface area contributed by atoms with Crippen molar-refractivity contribution in [3.05, 3.63) is 57.8 Å². The third kappa shape index (κ3) is 5.17. The molecule has 0 N–H and O–H groups in total. The molecule has 1 aliphatic rings. The highest BCUT2D eigenvalue weighted by Crippen LogP contribution is 2.24. The third-order valence-electron chi connectivity index (χ3n) is 5.55. The summed E-state index contributed by atoms with van der Waals surface area (Å²) in [4.78, 5) is 40.1. The van der Waals surface area contributed by atoms with Gasteiger partial charge in [-0.05, 0) is 42.2 Å². The number of carbonyl (C=O) groups is 3. The molecule has 0 saturated carbocycles. The maximum atomic E-state index is 12.7. The molecule has 0 aliphatic carbocycles. The zero-order valence-electron chi connectivity index (χ0n) is 18.0. The average Bonchev–Trinajstić information content (AvgIpc) is 3.27. The lowest BCUT2D eigenvalue weighted by Gasteiger charge is -2.31. The minimum Gasteiger partial charge on any atom is -0.454 e. The van der Waals surface area contributed by atoms with Crippen LogP contribution in [-0.2, 0) is 14.9 Å². The van der Waals surface area contributed by atoms with Crippen molar-refractivity contribution < 1.29 is 19.1 Å². The Morgan fingerprint density at radius 3 is 2.23 bits per heavy atom. The molecular formula is C24H29NO4S. The molecule has 160 valence electrons. The van der Waals surface area contributed by atoms with E-state index in [1.54, 1.807) is 24.0 Å². The lowest BCUT2D eigenvalue weighted by molar-refractivity contribution is -0.152. The van der Waals surface area contributed by atoms with E-state index in [1.165, 1.54) is 11.3 Å². The van der Waals surface area contributed by atoms with Crippen molar-refractivity contribution >= 4 is 29.0 Å². The number of rotatable bonds is 5. The van der Waals surface area contributed by atoms with Crippen LogP contribution in [0.15, 0.2) is 41.8 Å². The number of carbonyl (C=O) groups excluding carboxylic acids is 3. The predicted octanol–water partition coefficient (Wildman–Crippen LogP) is 4.71. The largest absolute Gasteiger partial charge is 0.454 e. The lowest BCUT2D eigenvalue weighted by Crippen LogP contribution is -2.41. The number of nitrogens with zero attached hydrogens (tertiary/aromatic N) is 1. The van der Waals surface area contributed by atoms with Gasteiger partial charge in [0.25, 0.3) is 5.91 Å². The van der Waals surface area contributed by atoms with E-state index in [9.17, 15) is 14.4 Å². The Morgan fingerprint density at radius 1 is 1.07 bits per heavy atom. The molecule has 1 atom stereocenters. The summed E-state index contributed by atoms with van der Waals surface area (Å²) in [5, 5.41) is 1.88. The van der Waals surface area contributed by atoms with Crippen LogP contribution in [0.1, 0.15) is 66.1 Å². The highest BCUT2D eigenvalue weighted by Gasteiger charge is 2.31. The van der Waals surface area contributed by atoms with Crippen LogP contribution < -0.4 is 0 Å². The van der Waals surface area contributed by atoms with Gasteiger partial charge >= 0.3 is 5.97 Å². The van der Waals surface area contributed by atoms with Crippen molar-refractivity contribution in [1.29, 1.82) is 0 Å². The molecule has 1 aliphatic heterocycles. The Labute approximate surface area is 182 Å². The molecule has 1 amide bonds. The van der Waals surface area contributed by atoms with Crippen LogP contribution in [-0.4, -0.2) is 41.8 Å². The number of thiophene rings is 1. The molecule has 2 aromatic rings. The van der Waals surface area contributed by atoms with E-state index >= 15 is 0 Å². The summed E-state index contributed by atoms with van der Waals surface area (Å²) in [7, 11) is 0. The summed E-state index contributed by atoms with van der Waals surface area (Å²) in [6, 6.07) is 11.2. The van der Waals surface area contributed by atoms with E-state index in [1.807, 2.05) is 29.6 Å². The predicted molar refractivity (Wildman–Crippen MR) is 118 cm³/mol. The molecule has 0 unspecified atom stereocenters. The summed E-state index contributed by atoms with van der Waals surface area (Å²) in [6.45, 7) is 9.02. The minimum atomic E-state index is -0.830. The highest BCUT2D eigenvalue weighted by molar-refractivity contribution is 7.12. The topological polar surface area (TPSA) is 63.7 Å². The van der Waals surface area contributed by atoms with Gasteiger partial charge in [-0.25, -0.2) is 0 Å². The van der Waals surface area contributed by atoms with Gasteiger partial charge < -0.3 is 9.64 Å². The normalized spacial score (nSPS) is 16.2. The summed E-state index contributed by atoms with van der Waals surface area (Å²) in [5.74, 6) is -0.825. The maximum absolute atomic E-state index is 12.7. The molecular weight excluding hydrogens is 398 g/mol.